The standard InChI is InChI=1S/C13H10.C8H8/c1-3-7-12-10(5-1)9-11-6-2-4-8-13(11)12;1-2-8-6-4-3-5-7-8/h1-8H,9H2;2-7H,1H2. The van der Waals surface area contributed by atoms with Crippen LogP contribution >= 0.6 is 0 Å². The Labute approximate surface area is 126 Å². The lowest BCUT2D eigenvalue weighted by molar-refractivity contribution is 1.26. The van der Waals surface area contributed by atoms with Crippen molar-refractivity contribution in [3.05, 3.63) is 102 Å². The maximum atomic E-state index is 3.63. The van der Waals surface area contributed by atoms with Gasteiger partial charge in [-0.3, -0.25) is 0 Å². The summed E-state index contributed by atoms with van der Waals surface area (Å²) >= 11 is 0. The Kier molecular flexibility index (Phi) is 3.97. The smallest absolute Gasteiger partial charge is 0.00135 e. The van der Waals surface area contributed by atoms with Gasteiger partial charge in [0.1, 0.15) is 0 Å². The van der Waals surface area contributed by atoms with Gasteiger partial charge >= 0.3 is 0 Å². The van der Waals surface area contributed by atoms with Crippen molar-refractivity contribution in [2.45, 2.75) is 6.42 Å². The second-order valence-corrected chi connectivity index (χ2v) is 5.11. The third kappa shape index (κ3) is 2.95. The molecule has 0 radical (unpaired) electrons. The van der Waals surface area contributed by atoms with E-state index < -0.39 is 0 Å². The van der Waals surface area contributed by atoms with Gasteiger partial charge in [0.25, 0.3) is 0 Å². The van der Waals surface area contributed by atoms with Crippen LogP contribution in [0.1, 0.15) is 16.7 Å². The molecule has 0 bridgehead atoms. The minimum atomic E-state index is 1.10. The lowest BCUT2D eigenvalue weighted by atomic mass is 10.1. The minimum absolute atomic E-state index is 1.10. The number of rotatable bonds is 1. The van der Waals surface area contributed by atoms with Gasteiger partial charge in [-0.25, -0.2) is 0 Å². The van der Waals surface area contributed by atoms with Crippen LogP contribution in [0.15, 0.2) is 85.4 Å². The summed E-state index contributed by atoms with van der Waals surface area (Å²) in [5.41, 5.74) is 6.93. The first kappa shape index (κ1) is 13.4. The summed E-state index contributed by atoms with van der Waals surface area (Å²) < 4.78 is 0. The number of hydrogen-bond donors (Lipinski definition) is 0. The summed E-state index contributed by atoms with van der Waals surface area (Å²) in [6, 6.07) is 27.3. The van der Waals surface area contributed by atoms with Crippen molar-refractivity contribution < 1.29 is 0 Å². The molecule has 3 aromatic rings. The number of fused-ring (bicyclic) bond motifs is 3. The van der Waals surface area contributed by atoms with Gasteiger partial charge in [0.2, 0.25) is 0 Å². The largest absolute Gasteiger partial charge is 0.0985 e. The van der Waals surface area contributed by atoms with Gasteiger partial charge < -0.3 is 0 Å². The maximum absolute atomic E-state index is 3.63. The fourth-order valence-corrected chi connectivity index (χ4v) is 2.67. The van der Waals surface area contributed by atoms with E-state index in [0.29, 0.717) is 0 Å². The van der Waals surface area contributed by atoms with Gasteiger partial charge in [-0.2, -0.15) is 0 Å². The Balaban J connectivity index is 0.000000143. The zero-order valence-electron chi connectivity index (χ0n) is 12.0. The van der Waals surface area contributed by atoms with Crippen LogP contribution in [0, 0.1) is 0 Å². The molecular weight excluding hydrogens is 252 g/mol. The molecule has 0 aromatic heterocycles. The van der Waals surface area contributed by atoms with E-state index in [2.05, 4.69) is 55.1 Å². The van der Waals surface area contributed by atoms with Gasteiger partial charge in [-0.05, 0) is 34.2 Å². The quantitative estimate of drug-likeness (QED) is 0.423. The molecule has 0 N–H and O–H groups in total. The van der Waals surface area contributed by atoms with E-state index >= 15 is 0 Å². The van der Waals surface area contributed by atoms with Crippen LogP contribution in [0.25, 0.3) is 17.2 Å². The summed E-state index contributed by atoms with van der Waals surface area (Å²) in [5, 5.41) is 0. The minimum Gasteiger partial charge on any atom is -0.0985 e. The molecule has 0 heterocycles. The summed E-state index contributed by atoms with van der Waals surface area (Å²) in [5.74, 6) is 0. The topological polar surface area (TPSA) is 0 Å². The zero-order valence-corrected chi connectivity index (χ0v) is 12.0. The Bertz CT molecular complexity index is 695. The lowest BCUT2D eigenvalue weighted by Gasteiger charge is -1.98. The van der Waals surface area contributed by atoms with Crippen LogP contribution in [0.5, 0.6) is 0 Å². The van der Waals surface area contributed by atoms with Gasteiger partial charge in [-0.15, -0.1) is 0 Å². The third-order valence-corrected chi connectivity index (χ3v) is 3.74. The van der Waals surface area contributed by atoms with Crippen molar-refractivity contribution in [1.29, 1.82) is 0 Å². The Morgan fingerprint density at radius 1 is 0.619 bits per heavy atom. The molecule has 0 spiro atoms. The monoisotopic (exact) mass is 270 g/mol. The van der Waals surface area contributed by atoms with Crippen LogP contribution in [0.2, 0.25) is 0 Å². The summed E-state index contributed by atoms with van der Waals surface area (Å²) in [6.07, 6.45) is 2.94. The number of benzene rings is 3. The molecule has 0 aliphatic heterocycles. The predicted octanol–water partition coefficient (Wildman–Crippen LogP) is 5.59. The first-order valence-corrected chi connectivity index (χ1v) is 7.22. The molecule has 0 unspecified atom stereocenters. The van der Waals surface area contributed by atoms with Crippen molar-refractivity contribution in [2.24, 2.45) is 0 Å². The third-order valence-electron chi connectivity index (χ3n) is 3.74. The van der Waals surface area contributed by atoms with Crippen LogP contribution in [0.4, 0.5) is 0 Å². The molecule has 0 saturated heterocycles. The first-order valence-electron chi connectivity index (χ1n) is 7.22. The molecule has 3 aromatic carbocycles. The van der Waals surface area contributed by atoms with Crippen LogP contribution in [-0.4, -0.2) is 0 Å². The summed E-state index contributed by atoms with van der Waals surface area (Å²) in [4.78, 5) is 0. The van der Waals surface area contributed by atoms with Crippen LogP contribution in [0.3, 0.4) is 0 Å². The molecule has 4 rings (SSSR count). The van der Waals surface area contributed by atoms with Crippen molar-refractivity contribution in [3.8, 4) is 11.1 Å². The molecular formula is C21H18. The van der Waals surface area contributed by atoms with E-state index in [9.17, 15) is 0 Å². The molecule has 102 valence electrons. The van der Waals surface area contributed by atoms with E-state index in [1.54, 1.807) is 0 Å². The zero-order chi connectivity index (χ0) is 14.5. The Morgan fingerprint density at radius 2 is 1.10 bits per heavy atom. The van der Waals surface area contributed by atoms with Crippen LogP contribution in [-0.2, 0) is 6.42 Å². The molecule has 21 heavy (non-hydrogen) atoms. The van der Waals surface area contributed by atoms with E-state index in [1.807, 2.05) is 36.4 Å². The highest BCUT2D eigenvalue weighted by Crippen LogP contribution is 2.35. The second-order valence-electron chi connectivity index (χ2n) is 5.11. The second kappa shape index (κ2) is 6.23. The first-order chi connectivity index (χ1) is 10.4. The van der Waals surface area contributed by atoms with Crippen molar-refractivity contribution >= 4 is 6.08 Å². The molecule has 0 atom stereocenters. The molecule has 1 aliphatic rings. The average molecular weight is 270 g/mol. The molecule has 0 heteroatoms. The summed E-state index contributed by atoms with van der Waals surface area (Å²) in [7, 11) is 0. The Hall–Kier alpha value is -2.60. The molecule has 0 nitrogen and oxygen atoms in total. The van der Waals surface area contributed by atoms with Gasteiger partial charge in [0, 0.05) is 0 Å². The fraction of sp³-hybridized carbons (Fsp3) is 0.0476. The van der Waals surface area contributed by atoms with Crippen molar-refractivity contribution in [3.63, 3.8) is 0 Å². The fourth-order valence-electron chi connectivity index (χ4n) is 2.67. The highest BCUT2D eigenvalue weighted by Gasteiger charge is 2.15. The van der Waals surface area contributed by atoms with Gasteiger partial charge in [-0.1, -0.05) is 91.5 Å². The predicted molar refractivity (Wildman–Crippen MR) is 91.2 cm³/mol. The molecule has 0 amide bonds. The van der Waals surface area contributed by atoms with Gasteiger partial charge in [0.05, 0.1) is 0 Å². The van der Waals surface area contributed by atoms with E-state index in [1.165, 1.54) is 27.8 Å². The molecule has 1 aliphatic carbocycles. The van der Waals surface area contributed by atoms with Crippen molar-refractivity contribution in [1.82, 2.24) is 0 Å². The summed E-state index contributed by atoms with van der Waals surface area (Å²) in [6.45, 7) is 3.63. The van der Waals surface area contributed by atoms with E-state index in [-0.39, 0.29) is 0 Å². The van der Waals surface area contributed by atoms with Crippen molar-refractivity contribution in [2.75, 3.05) is 0 Å². The number of hydrogen-bond acceptors (Lipinski definition) is 0. The molecule has 0 saturated carbocycles. The lowest BCUT2D eigenvalue weighted by Crippen LogP contribution is -1.77. The van der Waals surface area contributed by atoms with Gasteiger partial charge in [0.15, 0.2) is 0 Å². The maximum Gasteiger partial charge on any atom is -0.00135 e. The van der Waals surface area contributed by atoms with E-state index in [0.717, 1.165) is 6.42 Å². The average Bonchev–Trinajstić information content (AvgIpc) is 2.95. The van der Waals surface area contributed by atoms with Crippen LogP contribution < -0.4 is 0 Å². The highest BCUT2D eigenvalue weighted by molar-refractivity contribution is 5.76. The van der Waals surface area contributed by atoms with E-state index in [4.69, 9.17) is 0 Å². The molecule has 0 fully saturated rings. The Morgan fingerprint density at radius 3 is 1.57 bits per heavy atom. The SMILES string of the molecule is C=Cc1ccccc1.c1ccc2c(c1)Cc1ccccc1-2. The highest BCUT2D eigenvalue weighted by atomic mass is 14.2. The normalized spacial score (nSPS) is 10.9.